The third-order valence-electron chi connectivity index (χ3n) is 3.99. The van der Waals surface area contributed by atoms with Gasteiger partial charge in [0.2, 0.25) is 5.91 Å². The fourth-order valence-corrected chi connectivity index (χ4v) is 2.68. The van der Waals surface area contributed by atoms with Gasteiger partial charge < -0.3 is 9.30 Å². The average molecular weight is 347 g/mol. The van der Waals surface area contributed by atoms with Crippen LogP contribution in [0.1, 0.15) is 16.8 Å². The zero-order valence-corrected chi connectivity index (χ0v) is 14.8. The summed E-state index contributed by atoms with van der Waals surface area (Å²) in [7, 11) is 1.61. The van der Waals surface area contributed by atoms with Gasteiger partial charge in [0.25, 0.3) is 0 Å². The van der Waals surface area contributed by atoms with E-state index in [0.717, 1.165) is 28.3 Å². The average Bonchev–Trinajstić information content (AvgIpc) is 3.03. The van der Waals surface area contributed by atoms with Crippen LogP contribution in [0.3, 0.4) is 0 Å². The number of nitrogens with one attached hydrogen (secondary N) is 1. The summed E-state index contributed by atoms with van der Waals surface area (Å²) in [5.41, 5.74) is 6.59. The van der Waals surface area contributed by atoms with E-state index in [1.807, 2.05) is 73.8 Å². The highest BCUT2D eigenvalue weighted by atomic mass is 16.5. The van der Waals surface area contributed by atoms with E-state index in [1.165, 1.54) is 0 Å². The number of aryl methyl sites for hydroxylation is 1. The summed E-state index contributed by atoms with van der Waals surface area (Å²) in [5.74, 6) is 0.608. The summed E-state index contributed by atoms with van der Waals surface area (Å²) in [6.45, 7) is 2.03. The van der Waals surface area contributed by atoms with E-state index in [2.05, 4.69) is 15.1 Å². The molecule has 5 nitrogen and oxygen atoms in total. The highest BCUT2D eigenvalue weighted by molar-refractivity contribution is 5.83. The van der Waals surface area contributed by atoms with Gasteiger partial charge in [-0.2, -0.15) is 5.10 Å². The number of benzene rings is 2. The third kappa shape index (κ3) is 4.39. The summed E-state index contributed by atoms with van der Waals surface area (Å²) in [5, 5.41) is 4.06. The maximum atomic E-state index is 12.0. The first-order valence-corrected chi connectivity index (χ1v) is 8.35. The lowest BCUT2D eigenvalue weighted by molar-refractivity contribution is -0.120. The molecular weight excluding hydrogens is 326 g/mol. The molecule has 1 aromatic heterocycles. The number of carbonyl (C=O) groups is 1. The maximum absolute atomic E-state index is 12.0. The Bertz CT molecular complexity index is 897. The summed E-state index contributed by atoms with van der Waals surface area (Å²) in [6.07, 6.45) is 3.91. The number of amides is 1. The second-order valence-corrected chi connectivity index (χ2v) is 5.94. The zero-order valence-electron chi connectivity index (χ0n) is 14.8. The number of methoxy groups -OCH3 is 1. The predicted molar refractivity (Wildman–Crippen MR) is 103 cm³/mol. The van der Waals surface area contributed by atoms with Gasteiger partial charge in [-0.05, 0) is 42.8 Å². The highest BCUT2D eigenvalue weighted by Gasteiger charge is 2.04. The molecule has 0 unspecified atom stereocenters. The van der Waals surface area contributed by atoms with Gasteiger partial charge in [0.1, 0.15) is 5.75 Å². The molecule has 0 fully saturated rings. The Morgan fingerprint density at radius 1 is 1.15 bits per heavy atom. The number of hydrogen-bond acceptors (Lipinski definition) is 3. The molecule has 2 aromatic carbocycles. The van der Waals surface area contributed by atoms with Gasteiger partial charge >= 0.3 is 0 Å². The first-order chi connectivity index (χ1) is 12.7. The molecule has 3 rings (SSSR count). The molecule has 1 heterocycles. The summed E-state index contributed by atoms with van der Waals surface area (Å²) in [4.78, 5) is 12.0. The number of nitrogens with zero attached hydrogens (tertiary/aromatic N) is 2. The minimum Gasteiger partial charge on any atom is -0.497 e. The molecule has 0 aliphatic heterocycles. The molecule has 5 heteroatoms. The molecule has 0 aliphatic rings. The lowest BCUT2D eigenvalue weighted by Crippen LogP contribution is -2.19. The van der Waals surface area contributed by atoms with Crippen molar-refractivity contribution in [1.82, 2.24) is 9.99 Å². The lowest BCUT2D eigenvalue weighted by Gasteiger charge is -2.04. The van der Waals surface area contributed by atoms with E-state index in [0.29, 0.717) is 0 Å². The molecule has 0 saturated carbocycles. The monoisotopic (exact) mass is 347 g/mol. The Balaban J connectivity index is 1.59. The Kier molecular flexibility index (Phi) is 5.49. The SMILES string of the molecule is COc1ccc(CC(=O)N/N=C/c2cc(C)n(-c3ccccc3)c2)cc1. The van der Waals surface area contributed by atoms with Crippen LogP contribution in [0.2, 0.25) is 0 Å². The molecule has 1 N–H and O–H groups in total. The first-order valence-electron chi connectivity index (χ1n) is 8.35. The number of hydrogen-bond donors (Lipinski definition) is 1. The van der Waals surface area contributed by atoms with Crippen molar-refractivity contribution in [1.29, 1.82) is 0 Å². The van der Waals surface area contributed by atoms with Crippen molar-refractivity contribution in [2.75, 3.05) is 7.11 Å². The number of aromatic nitrogens is 1. The number of carbonyl (C=O) groups excluding carboxylic acids is 1. The molecule has 0 spiro atoms. The predicted octanol–water partition coefficient (Wildman–Crippen LogP) is 3.49. The molecule has 0 radical (unpaired) electrons. The van der Waals surface area contributed by atoms with Gasteiger partial charge in [0.05, 0.1) is 19.7 Å². The van der Waals surface area contributed by atoms with Crippen molar-refractivity contribution >= 4 is 12.1 Å². The normalized spacial score (nSPS) is 10.8. The maximum Gasteiger partial charge on any atom is 0.244 e. The van der Waals surface area contributed by atoms with E-state index in [-0.39, 0.29) is 12.3 Å². The van der Waals surface area contributed by atoms with Crippen LogP contribution >= 0.6 is 0 Å². The second kappa shape index (κ2) is 8.16. The van der Waals surface area contributed by atoms with Gasteiger partial charge in [-0.25, -0.2) is 5.43 Å². The van der Waals surface area contributed by atoms with E-state index in [9.17, 15) is 4.79 Å². The van der Waals surface area contributed by atoms with Crippen molar-refractivity contribution in [3.8, 4) is 11.4 Å². The van der Waals surface area contributed by atoms with Crippen LogP contribution in [0.4, 0.5) is 0 Å². The van der Waals surface area contributed by atoms with Crippen LogP contribution in [0.25, 0.3) is 5.69 Å². The summed E-state index contributed by atoms with van der Waals surface area (Å²) >= 11 is 0. The van der Waals surface area contributed by atoms with Crippen molar-refractivity contribution in [2.45, 2.75) is 13.3 Å². The van der Waals surface area contributed by atoms with Crippen molar-refractivity contribution in [3.05, 3.63) is 83.7 Å². The van der Waals surface area contributed by atoms with Gasteiger partial charge in [-0.1, -0.05) is 30.3 Å². The van der Waals surface area contributed by atoms with E-state index >= 15 is 0 Å². The summed E-state index contributed by atoms with van der Waals surface area (Å²) < 4.78 is 7.19. The Labute approximate surface area is 152 Å². The second-order valence-electron chi connectivity index (χ2n) is 5.94. The van der Waals surface area contributed by atoms with Gasteiger partial charge in [-0.3, -0.25) is 4.79 Å². The van der Waals surface area contributed by atoms with Crippen LogP contribution in [0.5, 0.6) is 5.75 Å². The van der Waals surface area contributed by atoms with Crippen molar-refractivity contribution < 1.29 is 9.53 Å². The van der Waals surface area contributed by atoms with Crippen LogP contribution in [0.15, 0.2) is 72.0 Å². The topological polar surface area (TPSA) is 55.6 Å². The van der Waals surface area contributed by atoms with E-state index < -0.39 is 0 Å². The molecule has 26 heavy (non-hydrogen) atoms. The first kappa shape index (κ1) is 17.5. The zero-order chi connectivity index (χ0) is 18.4. The molecule has 0 aliphatic carbocycles. The quantitative estimate of drug-likeness (QED) is 0.548. The number of para-hydroxylation sites is 1. The van der Waals surface area contributed by atoms with Crippen molar-refractivity contribution in [3.63, 3.8) is 0 Å². The fourth-order valence-electron chi connectivity index (χ4n) is 2.68. The Hall–Kier alpha value is -3.34. The molecule has 3 aromatic rings. The molecule has 0 atom stereocenters. The van der Waals surface area contributed by atoms with Crippen LogP contribution < -0.4 is 10.2 Å². The Morgan fingerprint density at radius 3 is 2.58 bits per heavy atom. The van der Waals surface area contributed by atoms with Gasteiger partial charge in [-0.15, -0.1) is 0 Å². The standard InChI is InChI=1S/C21H21N3O2/c1-16-12-18(15-24(16)19-6-4-3-5-7-19)14-22-23-21(25)13-17-8-10-20(26-2)11-9-17/h3-12,14-15H,13H2,1-2H3,(H,23,25)/b22-14+. The minimum atomic E-state index is -0.161. The summed E-state index contributed by atoms with van der Waals surface area (Å²) in [6, 6.07) is 19.5. The van der Waals surface area contributed by atoms with Gasteiger partial charge in [0.15, 0.2) is 0 Å². The molecule has 1 amide bonds. The highest BCUT2D eigenvalue weighted by Crippen LogP contribution is 2.14. The van der Waals surface area contributed by atoms with Crippen LogP contribution in [0, 0.1) is 6.92 Å². The number of ether oxygens (including phenoxy) is 1. The number of hydrazone groups is 1. The van der Waals surface area contributed by atoms with E-state index in [4.69, 9.17) is 4.74 Å². The third-order valence-corrected chi connectivity index (χ3v) is 3.99. The molecular formula is C21H21N3O2. The smallest absolute Gasteiger partial charge is 0.244 e. The lowest BCUT2D eigenvalue weighted by atomic mass is 10.1. The number of rotatable bonds is 6. The van der Waals surface area contributed by atoms with E-state index in [1.54, 1.807) is 13.3 Å². The van der Waals surface area contributed by atoms with Crippen molar-refractivity contribution in [2.24, 2.45) is 5.10 Å². The van der Waals surface area contributed by atoms with Crippen LogP contribution in [-0.4, -0.2) is 23.8 Å². The van der Waals surface area contributed by atoms with Gasteiger partial charge in [0, 0.05) is 23.1 Å². The van der Waals surface area contributed by atoms with Crippen LogP contribution in [-0.2, 0) is 11.2 Å². The molecule has 0 bridgehead atoms. The largest absolute Gasteiger partial charge is 0.497 e. The fraction of sp³-hybridized carbons (Fsp3) is 0.143. The minimum absolute atomic E-state index is 0.161. The molecule has 132 valence electrons. The Morgan fingerprint density at radius 2 is 1.88 bits per heavy atom. The molecule has 0 saturated heterocycles.